The van der Waals surface area contributed by atoms with E-state index >= 15 is 0 Å². The summed E-state index contributed by atoms with van der Waals surface area (Å²) in [6.07, 6.45) is 2.06. The average Bonchev–Trinajstić information content (AvgIpc) is 2.63. The van der Waals surface area contributed by atoms with Crippen molar-refractivity contribution in [2.45, 2.75) is 31.3 Å². The van der Waals surface area contributed by atoms with E-state index < -0.39 is 0 Å². The molecule has 1 N–H and O–H groups in total. The van der Waals surface area contributed by atoms with E-state index in [9.17, 15) is 0 Å². The maximum Gasteiger partial charge on any atom is 0.0812 e. The van der Waals surface area contributed by atoms with Crippen LogP contribution in [0.5, 0.6) is 0 Å². The molecule has 0 amide bonds. The molecule has 1 aliphatic heterocycles. The lowest BCUT2D eigenvalue weighted by atomic mass is 9.74. The second kappa shape index (κ2) is 9.25. The van der Waals surface area contributed by atoms with Gasteiger partial charge in [-0.3, -0.25) is 0 Å². The maximum absolute atomic E-state index is 6.34. The lowest BCUT2D eigenvalue weighted by Gasteiger charge is -2.38. The lowest BCUT2D eigenvalue weighted by Crippen LogP contribution is -2.43. The van der Waals surface area contributed by atoms with E-state index in [1.807, 2.05) is 19.1 Å². The summed E-state index contributed by atoms with van der Waals surface area (Å²) >= 11 is 12.5. The van der Waals surface area contributed by atoms with E-state index in [4.69, 9.17) is 27.9 Å². The minimum absolute atomic E-state index is 0. The first kappa shape index (κ1) is 20.5. The van der Waals surface area contributed by atoms with Gasteiger partial charge in [-0.05, 0) is 44.5 Å². The number of hydrogen-bond donors (Lipinski definition) is 1. The number of benzene rings is 2. The molecule has 2 nitrogen and oxygen atoms in total. The summed E-state index contributed by atoms with van der Waals surface area (Å²) in [7, 11) is 0. The molecule has 0 saturated carbocycles. The smallest absolute Gasteiger partial charge is 0.0812 e. The van der Waals surface area contributed by atoms with Crippen LogP contribution >= 0.6 is 35.6 Å². The largest absolute Gasteiger partial charge is 0.373 e. The van der Waals surface area contributed by atoms with Crippen molar-refractivity contribution >= 4 is 35.6 Å². The highest BCUT2D eigenvalue weighted by Crippen LogP contribution is 2.37. The summed E-state index contributed by atoms with van der Waals surface area (Å²) < 4.78 is 6.29. The van der Waals surface area contributed by atoms with Crippen molar-refractivity contribution < 1.29 is 4.74 Å². The molecular weight excluding hydrogens is 377 g/mol. The van der Waals surface area contributed by atoms with Gasteiger partial charge in [-0.25, -0.2) is 0 Å². The van der Waals surface area contributed by atoms with Crippen molar-refractivity contribution in [1.29, 1.82) is 0 Å². The zero-order valence-corrected chi connectivity index (χ0v) is 16.6. The molecule has 3 rings (SSSR count). The molecule has 2 aromatic carbocycles. The van der Waals surface area contributed by atoms with Gasteiger partial charge in [0.15, 0.2) is 0 Å². The van der Waals surface area contributed by atoms with Crippen LogP contribution in [0.3, 0.4) is 0 Å². The van der Waals surface area contributed by atoms with E-state index in [1.165, 1.54) is 5.56 Å². The molecule has 1 heterocycles. The number of halogens is 3. The standard InChI is InChI=1S/C20H23Cl2NO.ClH/c1-15(17-8-5-9-18(21)19(17)22)24-14-20(10-12-23-13-11-20)16-6-3-2-4-7-16;/h2-9,15,23H,10-14H2,1H3;1H. The van der Waals surface area contributed by atoms with Gasteiger partial charge in [0.25, 0.3) is 0 Å². The van der Waals surface area contributed by atoms with Crippen LogP contribution < -0.4 is 5.32 Å². The highest BCUT2D eigenvalue weighted by molar-refractivity contribution is 6.42. The summed E-state index contributed by atoms with van der Waals surface area (Å²) in [5, 5.41) is 4.61. The van der Waals surface area contributed by atoms with Gasteiger partial charge in [0.05, 0.1) is 22.8 Å². The van der Waals surface area contributed by atoms with Crippen molar-refractivity contribution in [2.24, 2.45) is 0 Å². The minimum Gasteiger partial charge on any atom is -0.373 e. The number of piperidine rings is 1. The van der Waals surface area contributed by atoms with Gasteiger partial charge in [0.1, 0.15) is 0 Å². The summed E-state index contributed by atoms with van der Waals surface area (Å²) in [5.41, 5.74) is 2.36. The molecule has 0 aromatic heterocycles. The van der Waals surface area contributed by atoms with Crippen molar-refractivity contribution in [2.75, 3.05) is 19.7 Å². The van der Waals surface area contributed by atoms with Gasteiger partial charge in [-0.1, -0.05) is 65.7 Å². The first-order valence-electron chi connectivity index (χ1n) is 8.44. The molecule has 1 fully saturated rings. The highest BCUT2D eigenvalue weighted by Gasteiger charge is 2.34. The number of rotatable bonds is 5. The van der Waals surface area contributed by atoms with Crippen LogP contribution in [0.1, 0.15) is 37.0 Å². The molecule has 0 radical (unpaired) electrons. The number of ether oxygens (including phenoxy) is 1. The quantitative estimate of drug-likeness (QED) is 0.683. The SMILES string of the molecule is CC(OCC1(c2ccccc2)CCNCC1)c1cccc(Cl)c1Cl.Cl. The zero-order valence-electron chi connectivity index (χ0n) is 14.3. The topological polar surface area (TPSA) is 21.3 Å². The van der Waals surface area contributed by atoms with Crippen molar-refractivity contribution in [1.82, 2.24) is 5.32 Å². The van der Waals surface area contributed by atoms with Gasteiger partial charge < -0.3 is 10.1 Å². The zero-order chi connectivity index (χ0) is 17.0. The Hall–Kier alpha value is -0.770. The molecule has 0 spiro atoms. The molecule has 5 heteroatoms. The van der Waals surface area contributed by atoms with Gasteiger partial charge in [0.2, 0.25) is 0 Å². The fourth-order valence-electron chi connectivity index (χ4n) is 3.42. The van der Waals surface area contributed by atoms with E-state index in [-0.39, 0.29) is 23.9 Å². The minimum atomic E-state index is -0.0910. The van der Waals surface area contributed by atoms with Gasteiger partial charge in [-0.15, -0.1) is 12.4 Å². The van der Waals surface area contributed by atoms with E-state index in [2.05, 4.69) is 35.6 Å². The molecule has 0 aliphatic carbocycles. The summed E-state index contributed by atoms with van der Waals surface area (Å²) in [5.74, 6) is 0. The van der Waals surface area contributed by atoms with Crippen molar-refractivity contribution in [3.63, 3.8) is 0 Å². The van der Waals surface area contributed by atoms with Crippen LogP contribution in [0.2, 0.25) is 10.0 Å². The van der Waals surface area contributed by atoms with Crippen LogP contribution in [-0.2, 0) is 10.2 Å². The van der Waals surface area contributed by atoms with Gasteiger partial charge in [-0.2, -0.15) is 0 Å². The van der Waals surface area contributed by atoms with Crippen LogP contribution in [0.15, 0.2) is 48.5 Å². The van der Waals surface area contributed by atoms with Gasteiger partial charge in [0, 0.05) is 11.0 Å². The molecule has 1 unspecified atom stereocenters. The first-order valence-corrected chi connectivity index (χ1v) is 9.20. The average molecular weight is 401 g/mol. The Labute approximate surface area is 166 Å². The fraction of sp³-hybridized carbons (Fsp3) is 0.400. The summed E-state index contributed by atoms with van der Waals surface area (Å²) in [6.45, 7) is 4.76. The Morgan fingerprint density at radius 1 is 1.04 bits per heavy atom. The summed E-state index contributed by atoms with van der Waals surface area (Å²) in [4.78, 5) is 0. The number of nitrogens with one attached hydrogen (secondary N) is 1. The predicted molar refractivity (Wildman–Crippen MR) is 108 cm³/mol. The molecule has 1 saturated heterocycles. The Morgan fingerprint density at radius 2 is 1.72 bits per heavy atom. The molecule has 2 aromatic rings. The van der Waals surface area contributed by atoms with Crippen molar-refractivity contribution in [3.05, 3.63) is 69.7 Å². The third-order valence-electron chi connectivity index (χ3n) is 4.98. The van der Waals surface area contributed by atoms with E-state index in [0.717, 1.165) is 31.5 Å². The van der Waals surface area contributed by atoms with E-state index in [0.29, 0.717) is 16.7 Å². The van der Waals surface area contributed by atoms with E-state index in [1.54, 1.807) is 6.07 Å². The first-order chi connectivity index (χ1) is 11.6. The third kappa shape index (κ3) is 4.69. The van der Waals surface area contributed by atoms with Crippen LogP contribution in [0.4, 0.5) is 0 Å². The Bertz CT molecular complexity index is 672. The number of hydrogen-bond acceptors (Lipinski definition) is 2. The second-order valence-corrected chi connectivity index (χ2v) is 7.28. The monoisotopic (exact) mass is 399 g/mol. The lowest BCUT2D eigenvalue weighted by molar-refractivity contribution is 0.0167. The highest BCUT2D eigenvalue weighted by atomic mass is 35.5. The maximum atomic E-state index is 6.34. The molecule has 136 valence electrons. The molecule has 1 aliphatic rings. The molecule has 1 atom stereocenters. The molecular formula is C20H24Cl3NO. The van der Waals surface area contributed by atoms with Gasteiger partial charge >= 0.3 is 0 Å². The van der Waals surface area contributed by atoms with Crippen molar-refractivity contribution in [3.8, 4) is 0 Å². The summed E-state index contributed by atoms with van der Waals surface area (Å²) in [6, 6.07) is 16.4. The molecule has 0 bridgehead atoms. The van der Waals surface area contributed by atoms with Crippen LogP contribution in [0, 0.1) is 0 Å². The van der Waals surface area contributed by atoms with Crippen LogP contribution in [0.25, 0.3) is 0 Å². The predicted octanol–water partition coefficient (Wildman–Crippen LogP) is 5.81. The normalized spacial score (nSPS) is 17.6. The Balaban J connectivity index is 0.00000225. The third-order valence-corrected chi connectivity index (χ3v) is 5.81. The Kier molecular flexibility index (Phi) is 7.60. The van der Waals surface area contributed by atoms with Crippen LogP contribution in [-0.4, -0.2) is 19.7 Å². The fourth-order valence-corrected chi connectivity index (χ4v) is 3.88. The second-order valence-electron chi connectivity index (χ2n) is 6.49. The molecule has 25 heavy (non-hydrogen) atoms. The Morgan fingerprint density at radius 3 is 2.40 bits per heavy atom.